The second-order valence-corrected chi connectivity index (χ2v) is 6.08. The van der Waals surface area contributed by atoms with Crippen LogP contribution in [0.4, 0.5) is 5.69 Å². The first kappa shape index (κ1) is 15.7. The molecule has 0 aliphatic carbocycles. The van der Waals surface area contributed by atoms with E-state index in [-0.39, 0.29) is 17.9 Å². The van der Waals surface area contributed by atoms with Crippen LogP contribution in [-0.2, 0) is 4.79 Å². The lowest BCUT2D eigenvalue weighted by molar-refractivity contribution is -0.135. The number of amides is 1. The zero-order valence-corrected chi connectivity index (χ0v) is 13.2. The predicted molar refractivity (Wildman–Crippen MR) is 84.2 cm³/mol. The predicted octanol–water partition coefficient (Wildman–Crippen LogP) is 3.27. The highest BCUT2D eigenvalue weighted by Crippen LogP contribution is 2.28. The number of benzene rings is 1. The van der Waals surface area contributed by atoms with Crippen LogP contribution in [0.1, 0.15) is 32.3 Å². The van der Waals surface area contributed by atoms with Crippen molar-refractivity contribution in [3.8, 4) is 6.07 Å². The van der Waals surface area contributed by atoms with Gasteiger partial charge in [-0.2, -0.15) is 5.26 Å². The van der Waals surface area contributed by atoms with E-state index < -0.39 is 0 Å². The van der Waals surface area contributed by atoms with E-state index in [1.54, 1.807) is 18.2 Å². The average Bonchev–Trinajstić information content (AvgIpc) is 2.49. The maximum absolute atomic E-state index is 12.0. The number of para-hydroxylation sites is 1. The molecule has 1 fully saturated rings. The van der Waals surface area contributed by atoms with Crippen molar-refractivity contribution >= 4 is 23.2 Å². The minimum absolute atomic E-state index is 0.0447. The number of carbonyl (C=O) groups is 1. The number of anilines is 1. The molecule has 21 heavy (non-hydrogen) atoms. The molecular weight excluding hydrogens is 286 g/mol. The molecule has 1 saturated heterocycles. The number of piperidine rings is 1. The Hall–Kier alpha value is -1.73. The Bertz CT molecular complexity index is 557. The summed E-state index contributed by atoms with van der Waals surface area (Å²) < 4.78 is 0. The van der Waals surface area contributed by atoms with E-state index in [0.29, 0.717) is 16.3 Å². The first-order chi connectivity index (χ1) is 10.0. The molecule has 1 aromatic carbocycles. The van der Waals surface area contributed by atoms with E-state index in [0.717, 1.165) is 25.9 Å². The van der Waals surface area contributed by atoms with Gasteiger partial charge in [-0.15, -0.1) is 0 Å². The lowest BCUT2D eigenvalue weighted by Crippen LogP contribution is -2.44. The fraction of sp³-hybridized carbons (Fsp3) is 0.500. The van der Waals surface area contributed by atoms with Gasteiger partial charge in [-0.3, -0.25) is 4.79 Å². The molecule has 1 aliphatic rings. The molecule has 0 bridgehead atoms. The van der Waals surface area contributed by atoms with Gasteiger partial charge in [-0.05, 0) is 25.0 Å². The Morgan fingerprint density at radius 1 is 1.43 bits per heavy atom. The van der Waals surface area contributed by atoms with Crippen LogP contribution < -0.4 is 5.32 Å². The number of rotatable bonds is 3. The minimum Gasteiger partial charge on any atom is -0.380 e. The van der Waals surface area contributed by atoms with Gasteiger partial charge in [0, 0.05) is 25.0 Å². The standard InChI is InChI=1S/C16H20ClN3O/c1-11(2)16(21)20-8-6-13(7-9-20)19-15-12(10-18)4-3-5-14(15)17/h3-5,11,13,19H,6-9H2,1-2H3. The molecule has 0 aromatic heterocycles. The topological polar surface area (TPSA) is 56.1 Å². The molecule has 1 aromatic rings. The van der Waals surface area contributed by atoms with Crippen LogP contribution in [0.25, 0.3) is 0 Å². The van der Waals surface area contributed by atoms with Crippen molar-refractivity contribution < 1.29 is 4.79 Å². The lowest BCUT2D eigenvalue weighted by Gasteiger charge is -2.34. The Kier molecular flexibility index (Phi) is 5.08. The third-order valence-electron chi connectivity index (χ3n) is 3.78. The van der Waals surface area contributed by atoms with Gasteiger partial charge in [0.25, 0.3) is 0 Å². The summed E-state index contributed by atoms with van der Waals surface area (Å²) >= 11 is 6.17. The smallest absolute Gasteiger partial charge is 0.225 e. The van der Waals surface area contributed by atoms with Crippen molar-refractivity contribution in [2.24, 2.45) is 5.92 Å². The van der Waals surface area contributed by atoms with Crippen LogP contribution in [0, 0.1) is 17.2 Å². The second kappa shape index (κ2) is 6.82. The van der Waals surface area contributed by atoms with E-state index in [1.807, 2.05) is 18.7 Å². The highest BCUT2D eigenvalue weighted by Gasteiger charge is 2.24. The van der Waals surface area contributed by atoms with Crippen molar-refractivity contribution in [3.63, 3.8) is 0 Å². The van der Waals surface area contributed by atoms with Crippen molar-refractivity contribution in [2.45, 2.75) is 32.7 Å². The molecule has 2 rings (SSSR count). The van der Waals surface area contributed by atoms with Crippen LogP contribution in [0.3, 0.4) is 0 Å². The number of nitrogens with one attached hydrogen (secondary N) is 1. The van der Waals surface area contributed by atoms with Crippen LogP contribution >= 0.6 is 11.6 Å². The Morgan fingerprint density at radius 2 is 2.10 bits per heavy atom. The van der Waals surface area contributed by atoms with Crippen LogP contribution in [-0.4, -0.2) is 29.9 Å². The van der Waals surface area contributed by atoms with E-state index >= 15 is 0 Å². The number of hydrogen-bond acceptors (Lipinski definition) is 3. The highest BCUT2D eigenvalue weighted by molar-refractivity contribution is 6.33. The number of nitriles is 1. The molecule has 0 saturated carbocycles. The fourth-order valence-corrected chi connectivity index (χ4v) is 2.81. The molecule has 0 spiro atoms. The average molecular weight is 306 g/mol. The second-order valence-electron chi connectivity index (χ2n) is 5.67. The maximum Gasteiger partial charge on any atom is 0.225 e. The van der Waals surface area contributed by atoms with Gasteiger partial charge < -0.3 is 10.2 Å². The Labute approximate surface area is 130 Å². The monoisotopic (exact) mass is 305 g/mol. The normalized spacial score (nSPS) is 15.9. The van der Waals surface area contributed by atoms with Gasteiger partial charge in [0.05, 0.1) is 16.3 Å². The van der Waals surface area contributed by atoms with Gasteiger partial charge in [0.1, 0.15) is 6.07 Å². The molecule has 0 radical (unpaired) electrons. The largest absolute Gasteiger partial charge is 0.380 e. The Balaban J connectivity index is 1.99. The molecule has 0 unspecified atom stereocenters. The van der Waals surface area contributed by atoms with Crippen LogP contribution in [0.15, 0.2) is 18.2 Å². The molecule has 112 valence electrons. The van der Waals surface area contributed by atoms with Crippen molar-refractivity contribution in [2.75, 3.05) is 18.4 Å². The zero-order valence-electron chi connectivity index (χ0n) is 12.4. The van der Waals surface area contributed by atoms with Crippen molar-refractivity contribution in [3.05, 3.63) is 28.8 Å². The van der Waals surface area contributed by atoms with E-state index in [9.17, 15) is 4.79 Å². The molecule has 5 heteroatoms. The molecule has 1 heterocycles. The lowest BCUT2D eigenvalue weighted by atomic mass is 10.0. The Morgan fingerprint density at radius 3 is 2.67 bits per heavy atom. The fourth-order valence-electron chi connectivity index (χ4n) is 2.58. The molecule has 1 amide bonds. The van der Waals surface area contributed by atoms with Crippen molar-refractivity contribution in [1.82, 2.24) is 4.90 Å². The summed E-state index contributed by atoms with van der Waals surface area (Å²) in [4.78, 5) is 13.9. The summed E-state index contributed by atoms with van der Waals surface area (Å²) in [7, 11) is 0. The van der Waals surface area contributed by atoms with E-state index in [2.05, 4.69) is 11.4 Å². The first-order valence-corrected chi connectivity index (χ1v) is 7.64. The summed E-state index contributed by atoms with van der Waals surface area (Å²) in [6.07, 6.45) is 1.74. The summed E-state index contributed by atoms with van der Waals surface area (Å²) in [5.74, 6) is 0.257. The quantitative estimate of drug-likeness (QED) is 0.932. The third kappa shape index (κ3) is 3.68. The molecule has 1 N–H and O–H groups in total. The number of halogens is 1. The maximum atomic E-state index is 12.0. The zero-order chi connectivity index (χ0) is 15.4. The molecule has 0 atom stereocenters. The van der Waals surface area contributed by atoms with Gasteiger partial charge in [0.2, 0.25) is 5.91 Å². The van der Waals surface area contributed by atoms with Gasteiger partial charge in [-0.1, -0.05) is 31.5 Å². The summed E-state index contributed by atoms with van der Waals surface area (Å²) in [5, 5.41) is 13.1. The number of carbonyl (C=O) groups excluding carboxylic acids is 1. The highest BCUT2D eigenvalue weighted by atomic mass is 35.5. The van der Waals surface area contributed by atoms with Crippen LogP contribution in [0.5, 0.6) is 0 Å². The SMILES string of the molecule is CC(C)C(=O)N1CCC(Nc2c(Cl)cccc2C#N)CC1. The first-order valence-electron chi connectivity index (χ1n) is 7.27. The summed E-state index contributed by atoms with van der Waals surface area (Å²) in [6, 6.07) is 7.71. The van der Waals surface area contributed by atoms with Gasteiger partial charge in [0.15, 0.2) is 0 Å². The third-order valence-corrected chi connectivity index (χ3v) is 4.10. The van der Waals surface area contributed by atoms with Gasteiger partial charge in [-0.25, -0.2) is 0 Å². The minimum atomic E-state index is 0.0447. The molecule has 4 nitrogen and oxygen atoms in total. The van der Waals surface area contributed by atoms with E-state index in [1.165, 1.54) is 0 Å². The molecule has 1 aliphatic heterocycles. The number of hydrogen-bond donors (Lipinski definition) is 1. The van der Waals surface area contributed by atoms with E-state index in [4.69, 9.17) is 16.9 Å². The van der Waals surface area contributed by atoms with Gasteiger partial charge >= 0.3 is 0 Å². The number of likely N-dealkylation sites (tertiary alicyclic amines) is 1. The van der Waals surface area contributed by atoms with Crippen molar-refractivity contribution in [1.29, 1.82) is 5.26 Å². The number of nitrogens with zero attached hydrogens (tertiary/aromatic N) is 2. The summed E-state index contributed by atoms with van der Waals surface area (Å²) in [6.45, 7) is 5.35. The molecular formula is C16H20ClN3O. The van der Waals surface area contributed by atoms with Crippen LogP contribution in [0.2, 0.25) is 5.02 Å². The summed E-state index contributed by atoms with van der Waals surface area (Å²) in [5.41, 5.74) is 1.26.